The monoisotopic (exact) mass is 270 g/mol. The summed E-state index contributed by atoms with van der Waals surface area (Å²) in [4.78, 5) is 14.5. The molecule has 112 valence electrons. The molecule has 0 aromatic carbocycles. The molecule has 0 saturated carbocycles. The van der Waals surface area contributed by atoms with Gasteiger partial charge >= 0.3 is 0 Å². The molecule has 1 heterocycles. The van der Waals surface area contributed by atoms with Crippen LogP contribution in [0.15, 0.2) is 0 Å². The minimum atomic E-state index is -0.418. The number of aliphatic hydroxyl groups is 1. The van der Waals surface area contributed by atoms with Crippen LogP contribution in [0, 0.1) is 0 Å². The third-order valence-corrected chi connectivity index (χ3v) is 4.03. The van der Waals surface area contributed by atoms with Gasteiger partial charge in [-0.15, -0.1) is 0 Å². The van der Waals surface area contributed by atoms with Crippen LogP contribution in [-0.2, 0) is 4.79 Å². The number of unbranched alkanes of at least 4 members (excludes halogenated alkanes) is 3. The fourth-order valence-electron chi connectivity index (χ4n) is 2.75. The third kappa shape index (κ3) is 5.11. The van der Waals surface area contributed by atoms with E-state index in [-0.39, 0.29) is 12.5 Å². The first kappa shape index (κ1) is 16.4. The molecule has 1 amide bonds. The summed E-state index contributed by atoms with van der Waals surface area (Å²) in [6.07, 6.45) is 7.79. The Hall–Kier alpha value is -0.610. The smallest absolute Gasteiger partial charge is 0.242 e. The molecule has 0 aromatic rings. The van der Waals surface area contributed by atoms with E-state index in [0.717, 1.165) is 45.2 Å². The number of nitrogens with one attached hydrogen (secondary N) is 1. The van der Waals surface area contributed by atoms with E-state index >= 15 is 0 Å². The van der Waals surface area contributed by atoms with E-state index in [9.17, 15) is 4.79 Å². The maximum atomic E-state index is 12.6. The molecule has 0 spiro atoms. The number of hydrogen-bond acceptors (Lipinski definition) is 3. The number of amides is 1. The Balaban J connectivity index is 2.50. The first-order chi connectivity index (χ1) is 9.14. The van der Waals surface area contributed by atoms with Crippen LogP contribution in [0.25, 0.3) is 0 Å². The Morgan fingerprint density at radius 3 is 2.63 bits per heavy atom. The van der Waals surface area contributed by atoms with Gasteiger partial charge in [-0.05, 0) is 39.2 Å². The van der Waals surface area contributed by atoms with Crippen LogP contribution in [0.4, 0.5) is 0 Å². The summed E-state index contributed by atoms with van der Waals surface area (Å²) in [5.41, 5.74) is -0.418. The van der Waals surface area contributed by atoms with E-state index in [1.54, 1.807) is 0 Å². The van der Waals surface area contributed by atoms with E-state index in [4.69, 9.17) is 5.11 Å². The molecule has 4 heteroatoms. The summed E-state index contributed by atoms with van der Waals surface area (Å²) < 4.78 is 0. The molecule has 1 aliphatic rings. The van der Waals surface area contributed by atoms with Crippen molar-refractivity contribution in [3.8, 4) is 0 Å². The summed E-state index contributed by atoms with van der Waals surface area (Å²) in [5.74, 6) is 0.165. The summed E-state index contributed by atoms with van der Waals surface area (Å²) in [6, 6.07) is 0. The lowest BCUT2D eigenvalue weighted by Gasteiger charge is -2.38. The standard InChI is InChI=1S/C15H30N2O2/c1-3-4-5-8-11-17(12-13-18)14(19)15(2)9-6-7-10-16-15/h16,18H,3-13H2,1-2H3. The van der Waals surface area contributed by atoms with E-state index < -0.39 is 5.54 Å². The normalized spacial score (nSPS) is 23.3. The van der Waals surface area contributed by atoms with E-state index in [0.29, 0.717) is 6.54 Å². The molecule has 0 radical (unpaired) electrons. The predicted octanol–water partition coefficient (Wildman–Crippen LogP) is 1.92. The highest BCUT2D eigenvalue weighted by Gasteiger charge is 2.36. The van der Waals surface area contributed by atoms with E-state index in [1.165, 1.54) is 12.8 Å². The molecular weight excluding hydrogens is 240 g/mol. The SMILES string of the molecule is CCCCCCN(CCO)C(=O)C1(C)CCCCN1. The van der Waals surface area contributed by atoms with Crippen molar-refractivity contribution < 1.29 is 9.90 Å². The van der Waals surface area contributed by atoms with Gasteiger partial charge in [0.1, 0.15) is 0 Å². The van der Waals surface area contributed by atoms with E-state index in [1.807, 2.05) is 11.8 Å². The van der Waals surface area contributed by atoms with Crippen molar-refractivity contribution >= 4 is 5.91 Å². The molecule has 1 rings (SSSR count). The van der Waals surface area contributed by atoms with Crippen molar-refractivity contribution in [2.24, 2.45) is 0 Å². The highest BCUT2D eigenvalue weighted by atomic mass is 16.3. The highest BCUT2D eigenvalue weighted by molar-refractivity contribution is 5.86. The fourth-order valence-corrected chi connectivity index (χ4v) is 2.75. The van der Waals surface area contributed by atoms with Crippen LogP contribution < -0.4 is 5.32 Å². The van der Waals surface area contributed by atoms with Crippen molar-refractivity contribution in [2.45, 2.75) is 64.3 Å². The predicted molar refractivity (Wildman–Crippen MR) is 78.1 cm³/mol. The molecule has 0 aromatic heterocycles. The minimum absolute atomic E-state index is 0.0512. The van der Waals surface area contributed by atoms with Gasteiger partial charge in [0, 0.05) is 13.1 Å². The van der Waals surface area contributed by atoms with Gasteiger partial charge in [0.05, 0.1) is 12.1 Å². The Morgan fingerprint density at radius 1 is 1.26 bits per heavy atom. The van der Waals surface area contributed by atoms with E-state index in [2.05, 4.69) is 12.2 Å². The lowest BCUT2D eigenvalue weighted by Crippen LogP contribution is -2.58. The summed E-state index contributed by atoms with van der Waals surface area (Å²) in [7, 11) is 0. The van der Waals surface area contributed by atoms with Crippen LogP contribution in [0.3, 0.4) is 0 Å². The maximum Gasteiger partial charge on any atom is 0.242 e. The second-order valence-electron chi connectivity index (χ2n) is 5.79. The van der Waals surface area contributed by atoms with Gasteiger partial charge in [-0.1, -0.05) is 26.2 Å². The number of aliphatic hydroxyl groups excluding tert-OH is 1. The van der Waals surface area contributed by atoms with Crippen LogP contribution in [0.5, 0.6) is 0 Å². The van der Waals surface area contributed by atoms with Gasteiger partial charge in [0.15, 0.2) is 0 Å². The number of carbonyl (C=O) groups is 1. The first-order valence-corrected chi connectivity index (χ1v) is 7.79. The van der Waals surface area contributed by atoms with Crippen LogP contribution >= 0.6 is 0 Å². The average molecular weight is 270 g/mol. The van der Waals surface area contributed by atoms with Crippen molar-refractivity contribution in [3.05, 3.63) is 0 Å². The zero-order chi connectivity index (χ0) is 14.1. The third-order valence-electron chi connectivity index (χ3n) is 4.03. The molecule has 1 fully saturated rings. The zero-order valence-corrected chi connectivity index (χ0v) is 12.6. The Kier molecular flexibility index (Phi) is 7.39. The Labute approximate surface area is 117 Å². The lowest BCUT2D eigenvalue weighted by molar-refractivity contribution is -0.139. The number of hydrogen-bond donors (Lipinski definition) is 2. The van der Waals surface area contributed by atoms with Crippen molar-refractivity contribution in [1.82, 2.24) is 10.2 Å². The van der Waals surface area contributed by atoms with Crippen LogP contribution in [0.1, 0.15) is 58.8 Å². The number of rotatable bonds is 8. The van der Waals surface area contributed by atoms with Gasteiger partial charge in [0.25, 0.3) is 0 Å². The quantitative estimate of drug-likeness (QED) is 0.663. The van der Waals surface area contributed by atoms with Gasteiger partial charge in [-0.25, -0.2) is 0 Å². The average Bonchev–Trinajstić information content (AvgIpc) is 2.42. The molecule has 1 aliphatic heterocycles. The molecule has 4 nitrogen and oxygen atoms in total. The minimum Gasteiger partial charge on any atom is -0.395 e. The molecular formula is C15H30N2O2. The van der Waals surface area contributed by atoms with Gasteiger partial charge in [-0.3, -0.25) is 4.79 Å². The lowest BCUT2D eigenvalue weighted by atomic mass is 9.89. The number of nitrogens with zero attached hydrogens (tertiary/aromatic N) is 1. The highest BCUT2D eigenvalue weighted by Crippen LogP contribution is 2.21. The van der Waals surface area contributed by atoms with Gasteiger partial charge < -0.3 is 15.3 Å². The fraction of sp³-hybridized carbons (Fsp3) is 0.933. The van der Waals surface area contributed by atoms with Crippen molar-refractivity contribution in [2.75, 3.05) is 26.2 Å². The topological polar surface area (TPSA) is 52.6 Å². The molecule has 1 unspecified atom stereocenters. The molecule has 19 heavy (non-hydrogen) atoms. The molecule has 0 aliphatic carbocycles. The van der Waals surface area contributed by atoms with Crippen LogP contribution in [0.2, 0.25) is 0 Å². The second kappa shape index (κ2) is 8.54. The summed E-state index contributed by atoms with van der Waals surface area (Å²) in [5, 5.41) is 12.5. The second-order valence-corrected chi connectivity index (χ2v) is 5.79. The Bertz CT molecular complexity index is 263. The van der Waals surface area contributed by atoms with Gasteiger partial charge in [0.2, 0.25) is 5.91 Å². The van der Waals surface area contributed by atoms with Crippen molar-refractivity contribution in [3.63, 3.8) is 0 Å². The number of piperidine rings is 1. The van der Waals surface area contributed by atoms with Crippen LogP contribution in [-0.4, -0.2) is 47.7 Å². The Morgan fingerprint density at radius 2 is 2.05 bits per heavy atom. The summed E-state index contributed by atoms with van der Waals surface area (Å²) in [6.45, 7) is 6.40. The first-order valence-electron chi connectivity index (χ1n) is 7.79. The molecule has 0 bridgehead atoms. The van der Waals surface area contributed by atoms with Gasteiger partial charge in [-0.2, -0.15) is 0 Å². The summed E-state index contributed by atoms with van der Waals surface area (Å²) >= 11 is 0. The molecule has 1 atom stereocenters. The molecule has 1 saturated heterocycles. The number of carbonyl (C=O) groups excluding carboxylic acids is 1. The maximum absolute atomic E-state index is 12.6. The largest absolute Gasteiger partial charge is 0.395 e. The zero-order valence-electron chi connectivity index (χ0n) is 12.6. The molecule has 2 N–H and O–H groups in total. The van der Waals surface area contributed by atoms with Crippen molar-refractivity contribution in [1.29, 1.82) is 0 Å².